The lowest BCUT2D eigenvalue weighted by molar-refractivity contribution is -0.135. The van der Waals surface area contributed by atoms with Crippen LogP contribution in [0.25, 0.3) is 0 Å². The Kier molecular flexibility index (Phi) is 3.37. The molecule has 2 saturated carbocycles. The van der Waals surface area contributed by atoms with Gasteiger partial charge in [-0.05, 0) is 63.7 Å². The number of ether oxygens (including phenoxy) is 1. The van der Waals surface area contributed by atoms with Gasteiger partial charge in [0.15, 0.2) is 0 Å². The van der Waals surface area contributed by atoms with Crippen LogP contribution in [0.5, 0.6) is 0 Å². The van der Waals surface area contributed by atoms with Crippen molar-refractivity contribution in [2.45, 2.75) is 38.8 Å². The summed E-state index contributed by atoms with van der Waals surface area (Å²) in [6.45, 7) is 5.88. The molecule has 0 aromatic carbocycles. The van der Waals surface area contributed by atoms with Crippen LogP contribution in [-0.4, -0.2) is 28.5 Å². The maximum Gasteiger partial charge on any atom is 0.417 e. The molecule has 4 heteroatoms. The predicted molar refractivity (Wildman–Crippen MR) is 85.0 cm³/mol. The molecule has 23 heavy (non-hydrogen) atoms. The predicted octanol–water partition coefficient (Wildman–Crippen LogP) is 2.98. The topological polar surface area (TPSA) is 46.6 Å². The van der Waals surface area contributed by atoms with Gasteiger partial charge >= 0.3 is 6.09 Å². The number of cyclic esters (lactones) is 1. The molecule has 1 saturated heterocycles. The van der Waals surface area contributed by atoms with Crippen LogP contribution >= 0.6 is 0 Å². The number of imide groups is 1. The van der Waals surface area contributed by atoms with Crippen molar-refractivity contribution in [1.29, 1.82) is 0 Å². The smallest absolute Gasteiger partial charge is 0.417 e. The summed E-state index contributed by atoms with van der Waals surface area (Å²) in [5.74, 6) is 1.80. The van der Waals surface area contributed by atoms with E-state index in [4.69, 9.17) is 4.74 Å². The first kappa shape index (κ1) is 15.2. The molecule has 1 heterocycles. The zero-order valence-electron chi connectivity index (χ0n) is 13.7. The van der Waals surface area contributed by atoms with Crippen LogP contribution in [0.3, 0.4) is 0 Å². The molecule has 4 aliphatic rings. The van der Waals surface area contributed by atoms with Gasteiger partial charge in [0, 0.05) is 11.8 Å². The van der Waals surface area contributed by atoms with Gasteiger partial charge < -0.3 is 4.74 Å². The Bertz CT molecular complexity index is 561. The van der Waals surface area contributed by atoms with Crippen LogP contribution in [-0.2, 0) is 9.53 Å². The van der Waals surface area contributed by atoms with Crippen molar-refractivity contribution in [1.82, 2.24) is 4.90 Å². The van der Waals surface area contributed by atoms with Crippen molar-refractivity contribution in [2.75, 3.05) is 0 Å². The van der Waals surface area contributed by atoms with Crippen LogP contribution in [0.1, 0.15) is 27.2 Å². The minimum absolute atomic E-state index is 0.0730. The standard InChI is InChI=1S/C19H22NO3/c1-11-13-8-9-14(10-13)15(11)17(21)20-16(12-6-4-5-7-12)19(2,3)23-18(20)22/h4-9,11,13-16H,10H2,1-3H3/t11-,13+,14-,15+,16+/m0/s1. The molecule has 3 fully saturated rings. The molecule has 4 rings (SSSR count). The van der Waals surface area contributed by atoms with Gasteiger partial charge in [-0.3, -0.25) is 4.79 Å². The first-order valence-corrected chi connectivity index (χ1v) is 8.36. The molecule has 0 aromatic heterocycles. The molecule has 0 unspecified atom stereocenters. The number of hydrogen-bond acceptors (Lipinski definition) is 3. The number of amides is 2. The van der Waals surface area contributed by atoms with Gasteiger partial charge in [0.25, 0.3) is 0 Å². The summed E-state index contributed by atoms with van der Waals surface area (Å²) >= 11 is 0. The highest BCUT2D eigenvalue weighted by Gasteiger charge is 2.58. The van der Waals surface area contributed by atoms with Crippen LogP contribution in [0.15, 0.2) is 12.2 Å². The third-order valence-electron chi connectivity index (χ3n) is 5.84. The summed E-state index contributed by atoms with van der Waals surface area (Å²) in [6, 6.07) is -0.354. The second kappa shape index (κ2) is 5.09. The minimum atomic E-state index is -0.711. The Labute approximate surface area is 138 Å². The van der Waals surface area contributed by atoms with Crippen molar-refractivity contribution in [3.63, 3.8) is 0 Å². The molecule has 0 N–H and O–H groups in total. The van der Waals surface area contributed by atoms with Gasteiger partial charge in [-0.15, -0.1) is 0 Å². The van der Waals surface area contributed by atoms with Crippen LogP contribution in [0.2, 0.25) is 0 Å². The average molecular weight is 312 g/mol. The van der Waals surface area contributed by atoms with Gasteiger partial charge in [-0.1, -0.05) is 19.1 Å². The molecular formula is C19H22NO3. The quantitative estimate of drug-likeness (QED) is 0.737. The van der Waals surface area contributed by atoms with E-state index in [9.17, 15) is 9.59 Å². The molecule has 5 atom stereocenters. The Balaban J connectivity index is 1.64. The normalized spacial score (nSPS) is 41.8. The summed E-state index contributed by atoms with van der Waals surface area (Å²) < 4.78 is 5.54. The summed E-state index contributed by atoms with van der Waals surface area (Å²) in [5, 5.41) is 0. The molecule has 1 aliphatic heterocycles. The van der Waals surface area contributed by atoms with E-state index in [0.29, 0.717) is 5.92 Å². The van der Waals surface area contributed by atoms with E-state index in [1.165, 1.54) is 4.90 Å². The number of nitrogens with zero attached hydrogens (tertiary/aromatic N) is 1. The molecule has 0 spiro atoms. The number of carbonyl (C=O) groups excluding carboxylic acids is 2. The van der Waals surface area contributed by atoms with E-state index < -0.39 is 11.7 Å². The van der Waals surface area contributed by atoms with Gasteiger partial charge in [0.1, 0.15) is 5.60 Å². The fourth-order valence-electron chi connectivity index (χ4n) is 4.72. The van der Waals surface area contributed by atoms with Crippen molar-refractivity contribution in [3.8, 4) is 0 Å². The third-order valence-corrected chi connectivity index (χ3v) is 5.84. The average Bonchev–Trinajstić information content (AvgIpc) is 3.21. The fourth-order valence-corrected chi connectivity index (χ4v) is 4.72. The second-order valence-corrected chi connectivity index (χ2v) is 7.63. The molecule has 4 nitrogen and oxygen atoms in total. The number of hydrogen-bond donors (Lipinski definition) is 0. The number of rotatable bonds is 2. The van der Waals surface area contributed by atoms with E-state index in [-0.39, 0.29) is 29.7 Å². The maximum absolute atomic E-state index is 13.2. The first-order chi connectivity index (χ1) is 10.9. The first-order valence-electron chi connectivity index (χ1n) is 8.36. The maximum atomic E-state index is 13.2. The van der Waals surface area contributed by atoms with Crippen molar-refractivity contribution >= 4 is 12.0 Å². The lowest BCUT2D eigenvalue weighted by atomic mass is 9.81. The van der Waals surface area contributed by atoms with E-state index in [1.807, 2.05) is 39.5 Å². The zero-order chi connectivity index (χ0) is 16.4. The fraction of sp³-hybridized carbons (Fsp3) is 0.526. The molecule has 2 bridgehead atoms. The van der Waals surface area contributed by atoms with Crippen LogP contribution < -0.4 is 0 Å². The molecule has 0 aromatic rings. The van der Waals surface area contributed by atoms with Crippen LogP contribution in [0, 0.1) is 55.3 Å². The van der Waals surface area contributed by atoms with E-state index in [2.05, 4.69) is 19.1 Å². The van der Waals surface area contributed by atoms with Crippen molar-refractivity contribution < 1.29 is 14.3 Å². The van der Waals surface area contributed by atoms with E-state index >= 15 is 0 Å². The van der Waals surface area contributed by atoms with Gasteiger partial charge in [-0.2, -0.15) is 0 Å². The van der Waals surface area contributed by atoms with Gasteiger partial charge in [0.05, 0.1) is 6.04 Å². The molecule has 121 valence electrons. The highest BCUT2D eigenvalue weighted by Crippen LogP contribution is 2.50. The SMILES string of the molecule is C[C@@H]1[C@@H](C(=O)N2C(=O)OC(C)(C)[C@H]2[C]2[CH][CH][CH][CH]2)[C@H]2C=C[C@@H]1C2. The second-order valence-electron chi connectivity index (χ2n) is 7.63. The Hall–Kier alpha value is -1.32. The molecule has 3 aliphatic carbocycles. The number of allylic oxidation sites excluding steroid dienone is 2. The largest absolute Gasteiger partial charge is 0.441 e. The Morgan fingerprint density at radius 3 is 2.48 bits per heavy atom. The van der Waals surface area contributed by atoms with E-state index in [0.717, 1.165) is 12.3 Å². The zero-order valence-corrected chi connectivity index (χ0v) is 13.7. The summed E-state index contributed by atoms with van der Waals surface area (Å²) in [7, 11) is 0. The highest BCUT2D eigenvalue weighted by atomic mass is 16.6. The lowest BCUT2D eigenvalue weighted by Gasteiger charge is -2.35. The van der Waals surface area contributed by atoms with Gasteiger partial charge in [-0.25, -0.2) is 9.69 Å². The van der Waals surface area contributed by atoms with Gasteiger partial charge in [0.2, 0.25) is 5.91 Å². The Morgan fingerprint density at radius 2 is 1.87 bits per heavy atom. The highest BCUT2D eigenvalue weighted by molar-refractivity contribution is 5.96. The van der Waals surface area contributed by atoms with E-state index in [1.54, 1.807) is 0 Å². The number of carbonyl (C=O) groups is 2. The Morgan fingerprint density at radius 1 is 1.22 bits per heavy atom. The molecule has 2 amide bonds. The van der Waals surface area contributed by atoms with Crippen LogP contribution in [0.4, 0.5) is 4.79 Å². The molecule has 5 radical (unpaired) electrons. The summed E-state index contributed by atoms with van der Waals surface area (Å²) in [5.41, 5.74) is -0.711. The van der Waals surface area contributed by atoms with Crippen molar-refractivity contribution in [3.05, 3.63) is 43.8 Å². The monoisotopic (exact) mass is 312 g/mol. The summed E-state index contributed by atoms with van der Waals surface area (Å²) in [4.78, 5) is 27.1. The van der Waals surface area contributed by atoms with Crippen molar-refractivity contribution in [2.24, 2.45) is 23.7 Å². The molecular weight excluding hydrogens is 290 g/mol. The summed E-state index contributed by atoms with van der Waals surface area (Å²) in [6.07, 6.45) is 12.7. The minimum Gasteiger partial charge on any atom is -0.441 e. The lowest BCUT2D eigenvalue weighted by Crippen LogP contribution is -2.51. The number of fused-ring (bicyclic) bond motifs is 2. The third kappa shape index (κ3) is 2.17.